The fourth-order valence-electron chi connectivity index (χ4n) is 4.98. The summed E-state index contributed by atoms with van der Waals surface area (Å²) in [6.45, 7) is 13.8. The highest BCUT2D eigenvalue weighted by Crippen LogP contribution is 2.24. The highest BCUT2D eigenvalue weighted by Gasteiger charge is 2.38. The van der Waals surface area contributed by atoms with Crippen LogP contribution in [0.5, 0.6) is 0 Å². The Balaban J connectivity index is 2.31. The Morgan fingerprint density at radius 2 is 1.68 bits per heavy atom. The summed E-state index contributed by atoms with van der Waals surface area (Å²) in [4.78, 5) is 53.9. The summed E-state index contributed by atoms with van der Waals surface area (Å²) >= 11 is 0. The number of alkyl carbamates (subject to hydrolysis) is 1. The molecule has 1 aliphatic heterocycles. The van der Waals surface area contributed by atoms with Crippen LogP contribution in [-0.4, -0.2) is 66.0 Å². The van der Waals surface area contributed by atoms with Gasteiger partial charge in [0.05, 0.1) is 12.0 Å². The molecule has 0 bridgehead atoms. The number of likely N-dealkylation sites (N-methyl/N-ethyl adjacent to an activating group) is 1. The number of hydrogen-bond acceptors (Lipinski definition) is 5. The zero-order valence-corrected chi connectivity index (χ0v) is 26.0. The van der Waals surface area contributed by atoms with Gasteiger partial charge in [-0.25, -0.2) is 4.79 Å². The predicted octanol–water partition coefficient (Wildman–Crippen LogP) is 4.22. The summed E-state index contributed by atoms with van der Waals surface area (Å²) in [5.41, 5.74) is 0.371. The molecule has 0 radical (unpaired) electrons. The van der Waals surface area contributed by atoms with Crippen LogP contribution in [0, 0.1) is 17.8 Å². The van der Waals surface area contributed by atoms with Gasteiger partial charge in [0.1, 0.15) is 17.7 Å². The Labute approximate surface area is 245 Å². The first-order valence-electron chi connectivity index (χ1n) is 14.8. The first-order chi connectivity index (χ1) is 19.2. The minimum absolute atomic E-state index is 0.103. The van der Waals surface area contributed by atoms with Crippen molar-refractivity contribution in [1.82, 2.24) is 20.9 Å². The van der Waals surface area contributed by atoms with Crippen LogP contribution in [0.3, 0.4) is 0 Å². The van der Waals surface area contributed by atoms with Crippen molar-refractivity contribution in [2.45, 2.75) is 97.9 Å². The molecule has 228 valence electrons. The third-order valence-corrected chi connectivity index (χ3v) is 6.95. The standard InChI is InChI=1S/C32H50N4O5/c1-21(2)19-25(34-31(40)41-32(5,6)7)17-16-24(20-23-13-10-9-11-14-23)30(39)36-18-12-15-26(36)28(37)35-27(22(3)4)29(38)33-8/h9-11,13-14,16-17,21-22,24-27H,12,15,18-20H2,1-8H3,(H,33,38)(H,34,40)(H,35,37)/b17-16+/t24-,25-,26+,27?/m1/s1. The van der Waals surface area contributed by atoms with E-state index in [0.29, 0.717) is 38.1 Å². The van der Waals surface area contributed by atoms with Crippen molar-refractivity contribution in [3.05, 3.63) is 48.0 Å². The van der Waals surface area contributed by atoms with E-state index in [2.05, 4.69) is 29.8 Å². The number of amides is 4. The minimum atomic E-state index is -0.680. The molecule has 1 saturated heterocycles. The molecule has 3 N–H and O–H groups in total. The molecule has 1 unspecified atom stereocenters. The molecule has 1 aromatic rings. The number of rotatable bonds is 12. The van der Waals surface area contributed by atoms with Crippen LogP contribution in [0.2, 0.25) is 0 Å². The van der Waals surface area contributed by atoms with Gasteiger partial charge in [-0.05, 0) is 63.9 Å². The smallest absolute Gasteiger partial charge is 0.408 e. The molecule has 9 nitrogen and oxygen atoms in total. The molecule has 2 rings (SSSR count). The van der Waals surface area contributed by atoms with E-state index in [1.165, 1.54) is 0 Å². The second-order valence-corrected chi connectivity index (χ2v) is 12.6. The maximum Gasteiger partial charge on any atom is 0.408 e. The van der Waals surface area contributed by atoms with E-state index < -0.39 is 29.7 Å². The molecule has 41 heavy (non-hydrogen) atoms. The first kappa shape index (κ1) is 33.8. The Morgan fingerprint density at radius 3 is 2.24 bits per heavy atom. The highest BCUT2D eigenvalue weighted by molar-refractivity contribution is 5.93. The summed E-state index contributed by atoms with van der Waals surface area (Å²) in [5, 5.41) is 8.41. The predicted molar refractivity (Wildman–Crippen MR) is 161 cm³/mol. The third kappa shape index (κ3) is 11.2. The van der Waals surface area contributed by atoms with Crippen LogP contribution in [0.1, 0.15) is 73.3 Å². The van der Waals surface area contributed by atoms with E-state index in [9.17, 15) is 19.2 Å². The van der Waals surface area contributed by atoms with Gasteiger partial charge < -0.3 is 25.6 Å². The van der Waals surface area contributed by atoms with E-state index >= 15 is 0 Å². The van der Waals surface area contributed by atoms with Crippen LogP contribution >= 0.6 is 0 Å². The molecule has 4 atom stereocenters. The van der Waals surface area contributed by atoms with Crippen LogP contribution in [0.25, 0.3) is 0 Å². The van der Waals surface area contributed by atoms with Gasteiger partial charge in [-0.2, -0.15) is 0 Å². The van der Waals surface area contributed by atoms with Crippen LogP contribution in [0.15, 0.2) is 42.5 Å². The number of nitrogens with zero attached hydrogens (tertiary/aromatic N) is 1. The summed E-state index contributed by atoms with van der Waals surface area (Å²) < 4.78 is 5.46. The van der Waals surface area contributed by atoms with Gasteiger partial charge in [-0.1, -0.05) is 70.2 Å². The Morgan fingerprint density at radius 1 is 1.02 bits per heavy atom. The number of nitrogens with one attached hydrogen (secondary N) is 3. The van der Waals surface area contributed by atoms with Crippen molar-refractivity contribution >= 4 is 23.8 Å². The lowest BCUT2D eigenvalue weighted by molar-refractivity contribution is -0.141. The third-order valence-electron chi connectivity index (χ3n) is 6.95. The number of hydrogen-bond donors (Lipinski definition) is 3. The fraction of sp³-hybridized carbons (Fsp3) is 0.625. The van der Waals surface area contributed by atoms with Gasteiger partial charge >= 0.3 is 6.09 Å². The molecule has 1 aliphatic rings. The van der Waals surface area contributed by atoms with Gasteiger partial charge in [-0.3, -0.25) is 14.4 Å². The molecule has 0 aromatic heterocycles. The molecular weight excluding hydrogens is 520 g/mol. The molecular formula is C32H50N4O5. The molecule has 9 heteroatoms. The topological polar surface area (TPSA) is 117 Å². The van der Waals surface area contributed by atoms with E-state index in [-0.39, 0.29) is 29.7 Å². The quantitative estimate of drug-likeness (QED) is 0.326. The average molecular weight is 571 g/mol. The van der Waals surface area contributed by atoms with Crippen molar-refractivity contribution in [3.63, 3.8) is 0 Å². The lowest BCUT2D eigenvalue weighted by atomic mass is 9.94. The number of carbonyl (C=O) groups is 4. The average Bonchev–Trinajstić information content (AvgIpc) is 3.37. The second-order valence-electron chi connectivity index (χ2n) is 12.6. The van der Waals surface area contributed by atoms with Crippen LogP contribution in [-0.2, 0) is 25.5 Å². The lowest BCUT2D eigenvalue weighted by Crippen LogP contribution is -2.55. The van der Waals surface area contributed by atoms with Crippen LogP contribution < -0.4 is 16.0 Å². The monoisotopic (exact) mass is 570 g/mol. The first-order valence-corrected chi connectivity index (χ1v) is 14.8. The second kappa shape index (κ2) is 15.6. The van der Waals surface area contributed by atoms with Gasteiger partial charge in [-0.15, -0.1) is 0 Å². The van der Waals surface area contributed by atoms with E-state index in [1.807, 2.05) is 77.1 Å². The van der Waals surface area contributed by atoms with E-state index in [4.69, 9.17) is 4.74 Å². The Kier molecular flexibility index (Phi) is 12.9. The summed E-state index contributed by atoms with van der Waals surface area (Å²) in [6.07, 6.45) is 5.59. The number of likely N-dealkylation sites (tertiary alicyclic amines) is 1. The summed E-state index contributed by atoms with van der Waals surface area (Å²) in [5.74, 6) is -1.07. The van der Waals surface area contributed by atoms with Gasteiger partial charge in [0.25, 0.3) is 0 Å². The molecule has 0 spiro atoms. The molecule has 1 fully saturated rings. The van der Waals surface area contributed by atoms with Crippen molar-refractivity contribution in [3.8, 4) is 0 Å². The molecule has 4 amide bonds. The minimum Gasteiger partial charge on any atom is -0.444 e. The van der Waals surface area contributed by atoms with Crippen molar-refractivity contribution in [2.75, 3.05) is 13.6 Å². The molecule has 1 heterocycles. The maximum absolute atomic E-state index is 14.0. The van der Waals surface area contributed by atoms with Gasteiger partial charge in [0.15, 0.2) is 0 Å². The fourth-order valence-corrected chi connectivity index (χ4v) is 4.98. The summed E-state index contributed by atoms with van der Waals surface area (Å²) in [6, 6.07) is 8.09. The Bertz CT molecular complexity index is 1050. The normalized spacial score (nSPS) is 17.8. The van der Waals surface area contributed by atoms with E-state index in [1.54, 1.807) is 11.9 Å². The Hall–Kier alpha value is -3.36. The molecule has 0 aliphatic carbocycles. The van der Waals surface area contributed by atoms with Gasteiger partial charge in [0, 0.05) is 13.6 Å². The van der Waals surface area contributed by atoms with E-state index in [0.717, 1.165) is 5.56 Å². The van der Waals surface area contributed by atoms with Crippen LogP contribution in [0.4, 0.5) is 4.79 Å². The number of benzene rings is 1. The highest BCUT2D eigenvalue weighted by atomic mass is 16.6. The van der Waals surface area contributed by atoms with Gasteiger partial charge in [0.2, 0.25) is 17.7 Å². The summed E-state index contributed by atoms with van der Waals surface area (Å²) in [7, 11) is 1.54. The van der Waals surface area contributed by atoms with Crippen molar-refractivity contribution in [1.29, 1.82) is 0 Å². The zero-order chi connectivity index (χ0) is 30.7. The number of ether oxygens (including phenoxy) is 1. The molecule has 0 saturated carbocycles. The SMILES string of the molecule is CNC(=O)C(NC(=O)[C@@H]1CCCN1C(=O)[C@H](/C=C/[C@H](CC(C)C)NC(=O)OC(C)(C)C)Cc1ccccc1)C(C)C. The van der Waals surface area contributed by atoms with Crippen molar-refractivity contribution in [2.24, 2.45) is 17.8 Å². The largest absolute Gasteiger partial charge is 0.444 e. The lowest BCUT2D eigenvalue weighted by Gasteiger charge is -2.29. The zero-order valence-electron chi connectivity index (χ0n) is 26.0. The number of carbonyl (C=O) groups excluding carboxylic acids is 4. The maximum atomic E-state index is 14.0. The molecule has 1 aromatic carbocycles. The van der Waals surface area contributed by atoms with Crippen molar-refractivity contribution < 1.29 is 23.9 Å².